The molecule has 0 saturated heterocycles. The van der Waals surface area contributed by atoms with Gasteiger partial charge in [0.2, 0.25) is 11.8 Å². The predicted octanol–water partition coefficient (Wildman–Crippen LogP) is -1.36. The summed E-state index contributed by atoms with van der Waals surface area (Å²) in [7, 11) is 0. The minimum atomic E-state index is -1.00. The first-order chi connectivity index (χ1) is 7.72. The molecule has 0 fully saturated rings. The second-order valence-electron chi connectivity index (χ2n) is 2.34. The lowest BCUT2D eigenvalue weighted by molar-refractivity contribution is -0.137. The molecule has 7 N–H and O–H groups in total. The summed E-state index contributed by atoms with van der Waals surface area (Å²) in [5, 5.41) is 8.01. The molecule has 2 amide bonds. The van der Waals surface area contributed by atoms with Crippen LogP contribution in [-0.4, -0.2) is 34.7 Å². The fraction of sp³-hybridized carbons (Fsp3) is 0.222. The molecule has 0 aromatic rings. The van der Waals surface area contributed by atoms with Crippen LogP contribution in [0.15, 0.2) is 25.3 Å². The number of thiol groups is 1. The molecule has 17 heavy (non-hydrogen) atoms. The van der Waals surface area contributed by atoms with Crippen LogP contribution in [0.1, 0.15) is 0 Å². The van der Waals surface area contributed by atoms with Crippen LogP contribution in [0.3, 0.4) is 0 Å². The number of hydrogen-bond acceptors (Lipinski definition) is 5. The lowest BCUT2D eigenvalue weighted by Gasteiger charge is -1.96. The molecule has 0 aromatic carbocycles. The van der Waals surface area contributed by atoms with Crippen molar-refractivity contribution in [1.29, 1.82) is 0 Å². The molecule has 0 aliphatic carbocycles. The summed E-state index contributed by atoms with van der Waals surface area (Å²) in [5.74, 6) is -1.78. The van der Waals surface area contributed by atoms with Crippen LogP contribution in [-0.2, 0) is 14.4 Å². The monoisotopic (exact) mass is 263 g/mol. The minimum absolute atomic E-state index is 0.190. The third kappa shape index (κ3) is 31.4. The molecular weight excluding hydrogens is 246 g/mol. The van der Waals surface area contributed by atoms with E-state index in [2.05, 4.69) is 37.3 Å². The van der Waals surface area contributed by atoms with Gasteiger partial charge < -0.3 is 22.3 Å². The number of nitrogens with two attached hydrogens (primary N) is 3. The van der Waals surface area contributed by atoms with Gasteiger partial charge in [0.15, 0.2) is 0 Å². The van der Waals surface area contributed by atoms with Gasteiger partial charge in [-0.2, -0.15) is 12.6 Å². The van der Waals surface area contributed by atoms with E-state index in [-0.39, 0.29) is 5.75 Å². The van der Waals surface area contributed by atoms with E-state index in [1.807, 2.05) is 0 Å². The summed E-state index contributed by atoms with van der Waals surface area (Å²) in [5.41, 5.74) is 14.0. The Bertz CT molecular complexity index is 263. The first-order valence-corrected chi connectivity index (χ1v) is 4.79. The molecule has 0 aromatic heterocycles. The van der Waals surface area contributed by atoms with Crippen molar-refractivity contribution in [3.63, 3.8) is 0 Å². The van der Waals surface area contributed by atoms with Gasteiger partial charge in [-0.25, -0.2) is 0 Å². The van der Waals surface area contributed by atoms with Gasteiger partial charge in [0, 0.05) is 5.75 Å². The zero-order valence-electron chi connectivity index (χ0n) is 9.20. The van der Waals surface area contributed by atoms with Crippen molar-refractivity contribution in [1.82, 2.24) is 0 Å². The van der Waals surface area contributed by atoms with Crippen LogP contribution in [0.2, 0.25) is 0 Å². The number of aliphatic carboxylic acids is 1. The normalized spacial score (nSPS) is 9.29. The van der Waals surface area contributed by atoms with E-state index in [0.29, 0.717) is 0 Å². The number of carbonyl (C=O) groups excluding carboxylic acids is 2. The van der Waals surface area contributed by atoms with Crippen LogP contribution >= 0.6 is 12.6 Å². The Balaban J connectivity index is -0.000000177. The summed E-state index contributed by atoms with van der Waals surface area (Å²) in [4.78, 5) is 28.7. The van der Waals surface area contributed by atoms with E-state index in [4.69, 9.17) is 10.8 Å². The molecule has 1 atom stereocenters. The van der Waals surface area contributed by atoms with Gasteiger partial charge in [-0.1, -0.05) is 13.2 Å². The average Bonchev–Trinajstić information content (AvgIpc) is 2.29. The molecule has 8 heteroatoms. The molecule has 0 rings (SSSR count). The molecule has 0 bridgehead atoms. The van der Waals surface area contributed by atoms with Gasteiger partial charge in [-0.3, -0.25) is 14.4 Å². The molecule has 0 aliphatic rings. The number of carbonyl (C=O) groups is 3. The third-order valence-corrected chi connectivity index (χ3v) is 1.31. The van der Waals surface area contributed by atoms with Crippen LogP contribution in [0.4, 0.5) is 0 Å². The molecule has 1 unspecified atom stereocenters. The molecular formula is C9H17N3O4S. The maximum Gasteiger partial charge on any atom is 0.321 e. The zero-order valence-corrected chi connectivity index (χ0v) is 10.1. The predicted molar refractivity (Wildman–Crippen MR) is 68.2 cm³/mol. The smallest absolute Gasteiger partial charge is 0.321 e. The average molecular weight is 263 g/mol. The third-order valence-electron chi connectivity index (χ3n) is 0.916. The Morgan fingerprint density at radius 1 is 1.18 bits per heavy atom. The number of amides is 2. The van der Waals surface area contributed by atoms with E-state index >= 15 is 0 Å². The summed E-state index contributed by atoms with van der Waals surface area (Å²) in [6, 6.07) is -0.816. The molecule has 0 spiro atoms. The molecule has 0 radical (unpaired) electrons. The second-order valence-corrected chi connectivity index (χ2v) is 2.71. The second kappa shape index (κ2) is 14.2. The lowest BCUT2D eigenvalue weighted by Crippen LogP contribution is -2.31. The van der Waals surface area contributed by atoms with E-state index in [1.165, 1.54) is 0 Å². The van der Waals surface area contributed by atoms with Crippen molar-refractivity contribution in [2.75, 3.05) is 5.75 Å². The standard InChI is InChI=1S/C3H7NO2S.2C3H5NO/c4-2(1-7)3(5)6;2*1-2-3(4)5/h2,7H,1,4H2,(H,5,6);2*2H,1H2,(H2,4,5). The van der Waals surface area contributed by atoms with E-state index in [0.717, 1.165) is 12.2 Å². The Labute approximate surface area is 105 Å². The summed E-state index contributed by atoms with van der Waals surface area (Å²) < 4.78 is 0. The fourth-order valence-corrected chi connectivity index (χ4v) is 0.234. The maximum atomic E-state index is 9.76. The van der Waals surface area contributed by atoms with Gasteiger partial charge in [-0.15, -0.1) is 0 Å². The lowest BCUT2D eigenvalue weighted by atomic mass is 10.4. The first-order valence-electron chi connectivity index (χ1n) is 4.15. The highest BCUT2D eigenvalue weighted by Crippen LogP contribution is 1.80. The SMILES string of the molecule is C=CC(N)=O.C=CC(N)=O.NC(CS)C(=O)O. The summed E-state index contributed by atoms with van der Waals surface area (Å²) in [6.07, 6.45) is 2.11. The van der Waals surface area contributed by atoms with Gasteiger partial charge in [0.1, 0.15) is 6.04 Å². The highest BCUT2D eigenvalue weighted by atomic mass is 32.1. The Hall–Kier alpha value is -1.80. The molecule has 0 saturated carbocycles. The Kier molecular flexibility index (Phi) is 17.2. The van der Waals surface area contributed by atoms with Crippen molar-refractivity contribution in [2.24, 2.45) is 17.2 Å². The minimum Gasteiger partial charge on any atom is -0.480 e. The van der Waals surface area contributed by atoms with E-state index in [1.54, 1.807) is 0 Å². The topological polar surface area (TPSA) is 150 Å². The number of rotatable bonds is 4. The van der Waals surface area contributed by atoms with E-state index in [9.17, 15) is 14.4 Å². The Morgan fingerprint density at radius 2 is 1.41 bits per heavy atom. The van der Waals surface area contributed by atoms with Gasteiger partial charge in [0.25, 0.3) is 0 Å². The molecule has 0 heterocycles. The zero-order chi connectivity index (χ0) is 14.4. The molecule has 98 valence electrons. The summed E-state index contributed by atoms with van der Waals surface area (Å²) >= 11 is 3.65. The highest BCUT2D eigenvalue weighted by molar-refractivity contribution is 7.80. The van der Waals surface area contributed by atoms with Crippen molar-refractivity contribution in [2.45, 2.75) is 6.04 Å². The van der Waals surface area contributed by atoms with Crippen molar-refractivity contribution in [3.05, 3.63) is 25.3 Å². The van der Waals surface area contributed by atoms with Crippen LogP contribution in [0.25, 0.3) is 0 Å². The number of primary amides is 2. The summed E-state index contributed by atoms with van der Waals surface area (Å²) in [6.45, 7) is 6.17. The first kappa shape index (κ1) is 20.6. The Morgan fingerprint density at radius 3 is 1.41 bits per heavy atom. The van der Waals surface area contributed by atoms with Crippen LogP contribution in [0.5, 0.6) is 0 Å². The van der Waals surface area contributed by atoms with Gasteiger partial charge in [-0.05, 0) is 12.2 Å². The molecule has 7 nitrogen and oxygen atoms in total. The molecule has 0 aliphatic heterocycles. The van der Waals surface area contributed by atoms with Crippen LogP contribution in [0, 0.1) is 0 Å². The highest BCUT2D eigenvalue weighted by Gasteiger charge is 2.06. The van der Waals surface area contributed by atoms with E-state index < -0.39 is 23.8 Å². The number of hydrogen-bond donors (Lipinski definition) is 5. The quantitative estimate of drug-likeness (QED) is 0.314. The van der Waals surface area contributed by atoms with Crippen molar-refractivity contribution < 1.29 is 19.5 Å². The van der Waals surface area contributed by atoms with Crippen molar-refractivity contribution >= 4 is 30.4 Å². The maximum absolute atomic E-state index is 9.76. The fourth-order valence-electron chi connectivity index (χ4n) is 0.0781. The number of carboxylic acids is 1. The van der Waals surface area contributed by atoms with Gasteiger partial charge >= 0.3 is 5.97 Å². The van der Waals surface area contributed by atoms with Crippen LogP contribution < -0.4 is 17.2 Å². The number of carboxylic acid groups (broad SMARTS) is 1. The van der Waals surface area contributed by atoms with Gasteiger partial charge in [0.05, 0.1) is 0 Å². The van der Waals surface area contributed by atoms with Crippen molar-refractivity contribution in [3.8, 4) is 0 Å². The largest absolute Gasteiger partial charge is 0.480 e.